The van der Waals surface area contributed by atoms with Crippen molar-refractivity contribution in [3.8, 4) is 5.88 Å². The number of rotatable bonds is 6. The summed E-state index contributed by atoms with van der Waals surface area (Å²) >= 11 is 3.39. The van der Waals surface area contributed by atoms with Crippen LogP contribution in [0.1, 0.15) is 12.0 Å². The maximum absolute atomic E-state index is 5.54. The maximum Gasteiger partial charge on any atom is 0.217 e. The first-order valence-corrected chi connectivity index (χ1v) is 5.60. The van der Waals surface area contributed by atoms with Gasteiger partial charge in [0.05, 0.1) is 6.61 Å². The lowest BCUT2D eigenvalue weighted by atomic mass is 10.2. The van der Waals surface area contributed by atoms with E-state index >= 15 is 0 Å². The van der Waals surface area contributed by atoms with Crippen LogP contribution in [0.5, 0.6) is 5.88 Å². The normalized spacial score (nSPS) is 10.0. The number of ether oxygens (including phenoxy) is 1. The predicted molar refractivity (Wildman–Crippen MR) is 65.0 cm³/mol. The van der Waals surface area contributed by atoms with Gasteiger partial charge >= 0.3 is 0 Å². The average Bonchev–Trinajstić information content (AvgIpc) is 2.22. The standard InChI is InChI=1S/C11H15BrN2O/c1-3-4-5-15-11-9(7-13-2)6-10(12)8-14-11/h3,6,8,13H,1,4-5,7H2,2H3. The molecule has 0 aliphatic heterocycles. The van der Waals surface area contributed by atoms with Crippen LogP contribution in [-0.2, 0) is 6.54 Å². The van der Waals surface area contributed by atoms with Crippen molar-refractivity contribution in [2.24, 2.45) is 0 Å². The van der Waals surface area contributed by atoms with E-state index in [0.717, 1.165) is 23.0 Å². The third-order valence-corrected chi connectivity index (χ3v) is 2.25. The quantitative estimate of drug-likeness (QED) is 0.637. The summed E-state index contributed by atoms with van der Waals surface area (Å²) in [5.74, 6) is 0.689. The predicted octanol–water partition coefficient (Wildman–Crippen LogP) is 2.52. The molecular weight excluding hydrogens is 256 g/mol. The zero-order valence-electron chi connectivity index (χ0n) is 8.79. The lowest BCUT2D eigenvalue weighted by Crippen LogP contribution is -2.09. The molecule has 0 aliphatic carbocycles. The highest BCUT2D eigenvalue weighted by Gasteiger charge is 2.04. The first kappa shape index (κ1) is 12.2. The third-order valence-electron chi connectivity index (χ3n) is 1.82. The zero-order chi connectivity index (χ0) is 11.1. The molecule has 0 radical (unpaired) electrons. The molecule has 1 N–H and O–H groups in total. The second kappa shape index (κ2) is 6.58. The highest BCUT2D eigenvalue weighted by atomic mass is 79.9. The van der Waals surface area contributed by atoms with E-state index in [0.29, 0.717) is 12.5 Å². The lowest BCUT2D eigenvalue weighted by Gasteiger charge is -2.09. The van der Waals surface area contributed by atoms with E-state index < -0.39 is 0 Å². The first-order chi connectivity index (χ1) is 7.27. The summed E-state index contributed by atoms with van der Waals surface area (Å²) < 4.78 is 6.50. The molecule has 0 unspecified atom stereocenters. The van der Waals surface area contributed by atoms with E-state index in [-0.39, 0.29) is 0 Å². The lowest BCUT2D eigenvalue weighted by molar-refractivity contribution is 0.308. The van der Waals surface area contributed by atoms with Crippen LogP contribution < -0.4 is 10.1 Å². The van der Waals surface area contributed by atoms with Crippen molar-refractivity contribution in [2.75, 3.05) is 13.7 Å². The van der Waals surface area contributed by atoms with Gasteiger partial charge in [-0.3, -0.25) is 0 Å². The van der Waals surface area contributed by atoms with Gasteiger partial charge in [-0.1, -0.05) is 6.08 Å². The van der Waals surface area contributed by atoms with Crippen LogP contribution in [-0.4, -0.2) is 18.6 Å². The van der Waals surface area contributed by atoms with Gasteiger partial charge in [-0.2, -0.15) is 0 Å². The monoisotopic (exact) mass is 270 g/mol. The van der Waals surface area contributed by atoms with Gasteiger partial charge < -0.3 is 10.1 Å². The second-order valence-electron chi connectivity index (χ2n) is 3.07. The van der Waals surface area contributed by atoms with Crippen LogP contribution in [0, 0.1) is 0 Å². The van der Waals surface area contributed by atoms with Crippen LogP contribution in [0.3, 0.4) is 0 Å². The van der Waals surface area contributed by atoms with Gasteiger partial charge in [-0.25, -0.2) is 4.98 Å². The molecule has 3 nitrogen and oxygen atoms in total. The van der Waals surface area contributed by atoms with Gasteiger partial charge in [0.15, 0.2) is 0 Å². The van der Waals surface area contributed by atoms with Gasteiger partial charge in [0, 0.05) is 22.8 Å². The molecule has 15 heavy (non-hydrogen) atoms. The summed E-state index contributed by atoms with van der Waals surface area (Å²) in [6, 6.07) is 2.01. The Hall–Kier alpha value is -0.870. The minimum atomic E-state index is 0.620. The van der Waals surface area contributed by atoms with Crippen molar-refractivity contribution in [3.63, 3.8) is 0 Å². The van der Waals surface area contributed by atoms with Crippen molar-refractivity contribution in [3.05, 3.63) is 35.0 Å². The Labute approximate surface area is 98.7 Å². The zero-order valence-corrected chi connectivity index (χ0v) is 10.4. The number of aromatic nitrogens is 1. The van der Waals surface area contributed by atoms with Crippen molar-refractivity contribution >= 4 is 15.9 Å². The number of halogens is 1. The first-order valence-electron chi connectivity index (χ1n) is 4.80. The molecular formula is C11H15BrN2O. The van der Waals surface area contributed by atoms with E-state index in [4.69, 9.17) is 4.74 Å². The number of nitrogens with zero attached hydrogens (tertiary/aromatic N) is 1. The fraction of sp³-hybridized carbons (Fsp3) is 0.364. The highest BCUT2D eigenvalue weighted by Crippen LogP contribution is 2.19. The average molecular weight is 271 g/mol. The van der Waals surface area contributed by atoms with E-state index in [1.165, 1.54) is 0 Å². The molecule has 0 saturated heterocycles. The van der Waals surface area contributed by atoms with Crippen LogP contribution in [0.25, 0.3) is 0 Å². The molecule has 0 aliphatic rings. The van der Waals surface area contributed by atoms with Gasteiger partial charge in [0.1, 0.15) is 0 Å². The minimum absolute atomic E-state index is 0.620. The van der Waals surface area contributed by atoms with Crippen molar-refractivity contribution in [2.45, 2.75) is 13.0 Å². The molecule has 1 rings (SSSR count). The Morgan fingerprint density at radius 1 is 1.67 bits per heavy atom. The maximum atomic E-state index is 5.54. The van der Waals surface area contributed by atoms with E-state index in [1.54, 1.807) is 6.20 Å². The Kier molecular flexibility index (Phi) is 5.36. The molecule has 1 heterocycles. The summed E-state index contributed by atoms with van der Waals surface area (Å²) in [5, 5.41) is 3.08. The van der Waals surface area contributed by atoms with E-state index in [1.807, 2.05) is 19.2 Å². The summed E-state index contributed by atoms with van der Waals surface area (Å²) in [4.78, 5) is 4.23. The van der Waals surface area contributed by atoms with Crippen LogP contribution in [0.4, 0.5) is 0 Å². The van der Waals surface area contributed by atoms with E-state index in [2.05, 4.69) is 32.8 Å². The Morgan fingerprint density at radius 3 is 3.13 bits per heavy atom. The van der Waals surface area contributed by atoms with E-state index in [9.17, 15) is 0 Å². The van der Waals surface area contributed by atoms with Crippen molar-refractivity contribution in [1.29, 1.82) is 0 Å². The topological polar surface area (TPSA) is 34.1 Å². The highest BCUT2D eigenvalue weighted by molar-refractivity contribution is 9.10. The van der Waals surface area contributed by atoms with Gasteiger partial charge in [0.2, 0.25) is 5.88 Å². The number of nitrogens with one attached hydrogen (secondary N) is 1. The van der Waals surface area contributed by atoms with Gasteiger partial charge in [0.25, 0.3) is 0 Å². The molecule has 0 spiro atoms. The molecule has 82 valence electrons. The Morgan fingerprint density at radius 2 is 2.47 bits per heavy atom. The third kappa shape index (κ3) is 4.01. The molecule has 1 aromatic heterocycles. The SMILES string of the molecule is C=CCCOc1ncc(Br)cc1CNC. The van der Waals surface area contributed by atoms with Crippen molar-refractivity contribution in [1.82, 2.24) is 10.3 Å². The Bertz CT molecular complexity index is 328. The minimum Gasteiger partial charge on any atom is -0.477 e. The summed E-state index contributed by atoms with van der Waals surface area (Å²) in [6.07, 6.45) is 4.40. The van der Waals surface area contributed by atoms with Crippen LogP contribution in [0.15, 0.2) is 29.4 Å². The molecule has 1 aromatic rings. The van der Waals surface area contributed by atoms with Crippen molar-refractivity contribution < 1.29 is 4.74 Å². The van der Waals surface area contributed by atoms with Crippen LogP contribution >= 0.6 is 15.9 Å². The van der Waals surface area contributed by atoms with Gasteiger partial charge in [-0.15, -0.1) is 6.58 Å². The molecule has 0 atom stereocenters. The summed E-state index contributed by atoms with van der Waals surface area (Å²) in [6.45, 7) is 5.01. The molecule has 4 heteroatoms. The molecule has 0 bridgehead atoms. The number of hydrogen-bond acceptors (Lipinski definition) is 3. The largest absolute Gasteiger partial charge is 0.477 e. The number of hydrogen-bond donors (Lipinski definition) is 1. The molecule has 0 amide bonds. The molecule has 0 fully saturated rings. The van der Waals surface area contributed by atoms with Crippen LogP contribution in [0.2, 0.25) is 0 Å². The fourth-order valence-electron chi connectivity index (χ4n) is 1.15. The Balaban J connectivity index is 2.71. The second-order valence-corrected chi connectivity index (χ2v) is 3.99. The summed E-state index contributed by atoms with van der Waals surface area (Å²) in [7, 11) is 1.90. The smallest absolute Gasteiger partial charge is 0.217 e. The van der Waals surface area contributed by atoms with Gasteiger partial charge in [-0.05, 0) is 35.5 Å². The number of pyridine rings is 1. The fourth-order valence-corrected chi connectivity index (χ4v) is 1.53. The summed E-state index contributed by atoms with van der Waals surface area (Å²) in [5.41, 5.74) is 1.05. The molecule has 0 saturated carbocycles. The molecule has 0 aromatic carbocycles.